The summed E-state index contributed by atoms with van der Waals surface area (Å²) in [6.45, 7) is 3.69. The molecule has 9 heteroatoms. The van der Waals surface area contributed by atoms with Gasteiger partial charge in [-0.15, -0.1) is 0 Å². The fraction of sp³-hybridized carbons (Fsp3) is 0.381. The third kappa shape index (κ3) is 4.25. The van der Waals surface area contributed by atoms with E-state index in [-0.39, 0.29) is 11.6 Å². The number of fused-ring (bicyclic) bond motifs is 1. The quantitative estimate of drug-likeness (QED) is 0.651. The zero-order valence-corrected chi connectivity index (χ0v) is 16.5. The maximum atomic E-state index is 12.9. The average molecular weight is 416 g/mol. The lowest BCUT2D eigenvalue weighted by Crippen LogP contribution is -2.15. The summed E-state index contributed by atoms with van der Waals surface area (Å²) in [5.41, 5.74) is 1.47. The van der Waals surface area contributed by atoms with Crippen molar-refractivity contribution < 1.29 is 23.0 Å². The molecule has 3 aromatic heterocycles. The maximum Gasteiger partial charge on any atom is 0.280 e. The molecule has 1 atom stereocenters. The van der Waals surface area contributed by atoms with Gasteiger partial charge in [0.1, 0.15) is 11.4 Å². The number of imidazole rings is 1. The van der Waals surface area contributed by atoms with Gasteiger partial charge in [-0.05, 0) is 31.9 Å². The molecule has 0 spiro atoms. The van der Waals surface area contributed by atoms with E-state index in [1.165, 1.54) is 18.2 Å². The van der Waals surface area contributed by atoms with E-state index in [1.54, 1.807) is 16.7 Å². The molecule has 0 saturated carbocycles. The van der Waals surface area contributed by atoms with E-state index in [0.717, 1.165) is 25.1 Å². The van der Waals surface area contributed by atoms with Crippen molar-refractivity contribution in [1.82, 2.24) is 14.4 Å². The van der Waals surface area contributed by atoms with Gasteiger partial charge in [-0.3, -0.25) is 4.79 Å². The number of nitrogens with one attached hydrogen (secondary N) is 1. The smallest absolute Gasteiger partial charge is 0.280 e. The van der Waals surface area contributed by atoms with Gasteiger partial charge in [0, 0.05) is 31.0 Å². The number of nitrogens with zero attached hydrogens (tertiary/aromatic N) is 3. The number of carbonyl (C=O) groups excluding carboxylic acids is 1. The van der Waals surface area contributed by atoms with Gasteiger partial charge in [-0.2, -0.15) is 0 Å². The lowest BCUT2D eigenvalue weighted by Gasteiger charge is -2.19. The van der Waals surface area contributed by atoms with E-state index in [0.29, 0.717) is 30.3 Å². The van der Waals surface area contributed by atoms with Gasteiger partial charge in [0.25, 0.3) is 12.3 Å². The number of halogens is 2. The van der Waals surface area contributed by atoms with E-state index in [4.69, 9.17) is 14.5 Å². The Balaban J connectivity index is 1.63. The van der Waals surface area contributed by atoms with E-state index in [1.807, 2.05) is 13.1 Å². The number of ether oxygens (including phenoxy) is 2. The van der Waals surface area contributed by atoms with Crippen molar-refractivity contribution in [3.63, 3.8) is 0 Å². The molecule has 0 radical (unpaired) electrons. The molecule has 0 aliphatic carbocycles. The zero-order chi connectivity index (χ0) is 21.1. The highest BCUT2D eigenvalue weighted by atomic mass is 19.3. The predicted molar refractivity (Wildman–Crippen MR) is 106 cm³/mol. The number of anilines is 1. The molecule has 4 rings (SSSR count). The Morgan fingerprint density at radius 2 is 2.23 bits per heavy atom. The van der Waals surface area contributed by atoms with E-state index in [2.05, 4.69) is 10.3 Å². The molecular weight excluding hydrogens is 394 g/mol. The van der Waals surface area contributed by atoms with Crippen LogP contribution in [0.3, 0.4) is 0 Å². The maximum absolute atomic E-state index is 12.9. The SMILES string of the molecule is CCOc1cc(NC(=O)c2cccc(C(F)F)n2)cn2cc(C3CCCOC3)nc12. The molecule has 0 aromatic carbocycles. The molecule has 30 heavy (non-hydrogen) atoms. The van der Waals surface area contributed by atoms with Crippen molar-refractivity contribution >= 4 is 17.2 Å². The monoisotopic (exact) mass is 416 g/mol. The number of rotatable bonds is 6. The Morgan fingerprint density at radius 1 is 1.37 bits per heavy atom. The van der Waals surface area contributed by atoms with Crippen LogP contribution in [0.1, 0.15) is 54.0 Å². The number of aromatic nitrogens is 3. The fourth-order valence-electron chi connectivity index (χ4n) is 3.48. The van der Waals surface area contributed by atoms with Crippen LogP contribution in [0.2, 0.25) is 0 Å². The van der Waals surface area contributed by atoms with Crippen LogP contribution in [0.4, 0.5) is 14.5 Å². The minimum absolute atomic E-state index is 0.0865. The van der Waals surface area contributed by atoms with Gasteiger partial charge in [-0.1, -0.05) is 6.07 Å². The summed E-state index contributed by atoms with van der Waals surface area (Å²) in [6, 6.07) is 5.62. The largest absolute Gasteiger partial charge is 0.490 e. The van der Waals surface area contributed by atoms with E-state index < -0.39 is 18.0 Å². The van der Waals surface area contributed by atoms with Crippen molar-refractivity contribution in [3.05, 3.63) is 53.7 Å². The summed E-state index contributed by atoms with van der Waals surface area (Å²) in [5.74, 6) is 0.153. The summed E-state index contributed by atoms with van der Waals surface area (Å²) in [7, 11) is 0. The Morgan fingerprint density at radius 3 is 2.97 bits per heavy atom. The Hall–Kier alpha value is -3.07. The van der Waals surface area contributed by atoms with Crippen LogP contribution in [0.15, 0.2) is 36.7 Å². The molecule has 1 aliphatic rings. The summed E-state index contributed by atoms with van der Waals surface area (Å²) in [5, 5.41) is 2.70. The van der Waals surface area contributed by atoms with Crippen LogP contribution in [-0.4, -0.2) is 40.1 Å². The van der Waals surface area contributed by atoms with Gasteiger partial charge in [0.05, 0.1) is 24.6 Å². The van der Waals surface area contributed by atoms with Gasteiger partial charge >= 0.3 is 0 Å². The van der Waals surface area contributed by atoms with Gasteiger partial charge in [0.2, 0.25) is 0 Å². The second kappa shape index (κ2) is 8.74. The standard InChI is InChI=1S/C21H22F2N4O3/c1-2-30-18-9-14(24-21(28)16-7-3-6-15(25-16)19(22)23)10-27-11-17(26-20(18)27)13-5-4-8-29-12-13/h3,6-7,9-11,13,19H,2,4-5,8,12H2,1H3,(H,24,28). The van der Waals surface area contributed by atoms with Crippen LogP contribution in [0, 0.1) is 0 Å². The third-order valence-electron chi connectivity index (χ3n) is 4.90. The topological polar surface area (TPSA) is 77.8 Å². The van der Waals surface area contributed by atoms with Crippen molar-refractivity contribution in [2.75, 3.05) is 25.1 Å². The molecule has 158 valence electrons. The number of carbonyl (C=O) groups is 1. The molecule has 1 N–H and O–H groups in total. The van der Waals surface area contributed by atoms with Crippen LogP contribution >= 0.6 is 0 Å². The molecule has 1 aliphatic heterocycles. The predicted octanol–water partition coefficient (Wildman–Crippen LogP) is 4.21. The minimum atomic E-state index is -2.74. The number of hydrogen-bond acceptors (Lipinski definition) is 5. The van der Waals surface area contributed by atoms with E-state index in [9.17, 15) is 13.6 Å². The summed E-state index contributed by atoms with van der Waals surface area (Å²) in [4.78, 5) is 21.0. The second-order valence-corrected chi connectivity index (χ2v) is 7.04. The van der Waals surface area contributed by atoms with Crippen molar-refractivity contribution in [2.24, 2.45) is 0 Å². The van der Waals surface area contributed by atoms with Crippen LogP contribution in [0.5, 0.6) is 5.75 Å². The highest BCUT2D eigenvalue weighted by molar-refractivity contribution is 6.03. The van der Waals surface area contributed by atoms with Crippen molar-refractivity contribution in [1.29, 1.82) is 0 Å². The first-order valence-electron chi connectivity index (χ1n) is 9.84. The van der Waals surface area contributed by atoms with Gasteiger partial charge in [0.15, 0.2) is 11.4 Å². The van der Waals surface area contributed by atoms with E-state index >= 15 is 0 Å². The second-order valence-electron chi connectivity index (χ2n) is 7.04. The minimum Gasteiger partial charge on any atom is -0.490 e. The average Bonchev–Trinajstić information content (AvgIpc) is 3.19. The molecule has 7 nitrogen and oxygen atoms in total. The molecule has 3 aromatic rings. The van der Waals surface area contributed by atoms with Crippen molar-refractivity contribution in [3.8, 4) is 5.75 Å². The lowest BCUT2D eigenvalue weighted by atomic mass is 9.99. The van der Waals surface area contributed by atoms with Gasteiger partial charge in [-0.25, -0.2) is 18.7 Å². The van der Waals surface area contributed by atoms with Crippen LogP contribution < -0.4 is 10.1 Å². The molecule has 1 saturated heterocycles. The molecule has 1 fully saturated rings. The fourth-order valence-corrected chi connectivity index (χ4v) is 3.48. The summed E-state index contributed by atoms with van der Waals surface area (Å²) >= 11 is 0. The molecule has 1 unspecified atom stereocenters. The van der Waals surface area contributed by atoms with Crippen LogP contribution in [-0.2, 0) is 4.74 Å². The Kier molecular flexibility index (Phi) is 5.89. The molecule has 1 amide bonds. The number of alkyl halides is 2. The highest BCUT2D eigenvalue weighted by Crippen LogP contribution is 2.30. The van der Waals surface area contributed by atoms with Crippen molar-refractivity contribution in [2.45, 2.75) is 32.1 Å². The molecule has 4 heterocycles. The first-order valence-corrected chi connectivity index (χ1v) is 9.84. The third-order valence-corrected chi connectivity index (χ3v) is 4.90. The number of hydrogen-bond donors (Lipinski definition) is 1. The van der Waals surface area contributed by atoms with Gasteiger partial charge < -0.3 is 19.2 Å². The highest BCUT2D eigenvalue weighted by Gasteiger charge is 2.21. The first-order chi connectivity index (χ1) is 14.5. The normalized spacial score (nSPS) is 16.7. The zero-order valence-electron chi connectivity index (χ0n) is 16.5. The molecule has 0 bridgehead atoms. The first kappa shape index (κ1) is 20.2. The van der Waals surface area contributed by atoms with Crippen LogP contribution in [0.25, 0.3) is 5.65 Å². The summed E-state index contributed by atoms with van der Waals surface area (Å²) < 4.78 is 38.8. The Bertz CT molecular complexity index is 1050. The lowest BCUT2D eigenvalue weighted by molar-refractivity contribution is 0.0794. The number of amides is 1. The number of pyridine rings is 2. The Labute approximate surface area is 172 Å². The molecular formula is C21H22F2N4O3. The summed E-state index contributed by atoms with van der Waals surface area (Å²) in [6.07, 6.45) is 2.87.